The number of hydrogen-bond acceptors (Lipinski definition) is 7. The van der Waals surface area contributed by atoms with Gasteiger partial charge in [0, 0.05) is 5.56 Å². The number of benzene rings is 3. The highest BCUT2D eigenvalue weighted by Crippen LogP contribution is 2.37. The Bertz CT molecular complexity index is 1050. The average Bonchev–Trinajstić information content (AvgIpc) is 2.92. The van der Waals surface area contributed by atoms with Crippen molar-refractivity contribution in [2.24, 2.45) is 0 Å². The summed E-state index contributed by atoms with van der Waals surface area (Å²) in [6, 6.07) is 27.8. The smallest absolute Gasteiger partial charge is 0.184 e. The summed E-state index contributed by atoms with van der Waals surface area (Å²) in [5.74, 6) is 0.802. The summed E-state index contributed by atoms with van der Waals surface area (Å²) in [5, 5.41) is 0. The highest BCUT2D eigenvalue weighted by Gasteiger charge is 2.50. The molecule has 0 N–H and O–H groups in total. The molecule has 2 aliphatic heterocycles. The first-order valence-electron chi connectivity index (χ1n) is 11.8. The quantitative estimate of drug-likeness (QED) is 0.448. The Morgan fingerprint density at radius 1 is 0.771 bits per heavy atom. The number of hydrogen-bond donors (Lipinski definition) is 1. The van der Waals surface area contributed by atoms with Crippen molar-refractivity contribution in [3.63, 3.8) is 0 Å². The maximum Gasteiger partial charge on any atom is 0.184 e. The van der Waals surface area contributed by atoms with Gasteiger partial charge in [0.15, 0.2) is 6.29 Å². The van der Waals surface area contributed by atoms with Gasteiger partial charge in [0.2, 0.25) is 0 Å². The highest BCUT2D eigenvalue weighted by atomic mass is 32.1. The highest BCUT2D eigenvalue weighted by molar-refractivity contribution is 7.80. The van der Waals surface area contributed by atoms with Crippen LogP contribution in [0.15, 0.2) is 84.9 Å². The molecule has 0 saturated carbocycles. The first-order valence-corrected chi connectivity index (χ1v) is 12.3. The standard InChI is InChI=1S/C28H30O6S/c1-29-22-14-12-20(13-15-22)17-31-26-25(30-16-19-8-4-2-5-9-19)24-23(33-28(26)35)18-32-27(34-24)21-10-6-3-7-11-21/h2-15,23-28,35H,16-18H2,1H3/t23-,24-,25+,26-,27?,28-/m1/s1. The minimum absolute atomic E-state index is 0.306. The molecule has 2 fully saturated rings. The van der Waals surface area contributed by atoms with Gasteiger partial charge in [0.05, 0.1) is 26.9 Å². The van der Waals surface area contributed by atoms with Crippen LogP contribution in [0.1, 0.15) is 23.0 Å². The van der Waals surface area contributed by atoms with E-state index in [9.17, 15) is 0 Å². The van der Waals surface area contributed by atoms with E-state index in [4.69, 9.17) is 41.0 Å². The first-order chi connectivity index (χ1) is 17.2. The number of rotatable bonds is 8. The van der Waals surface area contributed by atoms with Crippen LogP contribution in [0.25, 0.3) is 0 Å². The van der Waals surface area contributed by atoms with E-state index in [0.29, 0.717) is 19.8 Å². The summed E-state index contributed by atoms with van der Waals surface area (Å²) in [6.45, 7) is 1.20. The number of ether oxygens (including phenoxy) is 6. The summed E-state index contributed by atoms with van der Waals surface area (Å²) in [6.07, 6.45) is -2.02. The first kappa shape index (κ1) is 24.3. The van der Waals surface area contributed by atoms with Gasteiger partial charge in [-0.25, -0.2) is 0 Å². The lowest BCUT2D eigenvalue weighted by Crippen LogP contribution is -2.61. The molecule has 5 rings (SSSR count). The predicted octanol–water partition coefficient (Wildman–Crippen LogP) is 4.93. The Morgan fingerprint density at radius 3 is 2.09 bits per heavy atom. The molecule has 0 aromatic heterocycles. The molecule has 2 saturated heterocycles. The van der Waals surface area contributed by atoms with E-state index in [2.05, 4.69) is 0 Å². The molecule has 184 valence electrons. The third-order valence-corrected chi connectivity index (χ3v) is 6.68. The molecule has 0 radical (unpaired) electrons. The van der Waals surface area contributed by atoms with E-state index in [-0.39, 0.29) is 12.2 Å². The Kier molecular flexibility index (Phi) is 8.03. The molecule has 1 unspecified atom stereocenters. The zero-order chi connectivity index (χ0) is 24.0. The lowest BCUT2D eigenvalue weighted by molar-refractivity contribution is -0.329. The van der Waals surface area contributed by atoms with Crippen molar-refractivity contribution in [3.8, 4) is 5.75 Å². The monoisotopic (exact) mass is 494 g/mol. The van der Waals surface area contributed by atoms with Crippen LogP contribution in [-0.2, 0) is 36.9 Å². The van der Waals surface area contributed by atoms with Crippen molar-refractivity contribution in [1.82, 2.24) is 0 Å². The molecule has 6 nitrogen and oxygen atoms in total. The topological polar surface area (TPSA) is 55.4 Å². The lowest BCUT2D eigenvalue weighted by atomic mass is 9.98. The molecular weight excluding hydrogens is 464 g/mol. The zero-order valence-corrected chi connectivity index (χ0v) is 20.5. The van der Waals surface area contributed by atoms with Gasteiger partial charge < -0.3 is 28.4 Å². The molecular formula is C28H30O6S. The maximum absolute atomic E-state index is 6.48. The van der Waals surface area contributed by atoms with Crippen LogP contribution in [0.5, 0.6) is 5.75 Å². The predicted molar refractivity (Wildman–Crippen MR) is 134 cm³/mol. The van der Waals surface area contributed by atoms with E-state index in [0.717, 1.165) is 22.4 Å². The van der Waals surface area contributed by atoms with Gasteiger partial charge in [-0.1, -0.05) is 72.8 Å². The summed E-state index contributed by atoms with van der Waals surface area (Å²) < 4.78 is 36.7. The summed E-state index contributed by atoms with van der Waals surface area (Å²) in [5.41, 5.74) is 2.56. The molecule has 3 aromatic rings. The van der Waals surface area contributed by atoms with E-state index in [1.165, 1.54) is 0 Å². The molecule has 6 atom stereocenters. The van der Waals surface area contributed by atoms with Crippen LogP contribution in [0.2, 0.25) is 0 Å². The second kappa shape index (κ2) is 11.6. The van der Waals surface area contributed by atoms with Crippen molar-refractivity contribution in [1.29, 1.82) is 0 Å². The Labute approximate surface area is 211 Å². The van der Waals surface area contributed by atoms with Crippen molar-refractivity contribution in [3.05, 3.63) is 102 Å². The summed E-state index contributed by atoms with van der Waals surface area (Å²) in [7, 11) is 1.65. The molecule has 3 aromatic carbocycles. The number of methoxy groups -OCH3 is 1. The van der Waals surface area contributed by atoms with Gasteiger partial charge in [-0.05, 0) is 23.3 Å². The van der Waals surface area contributed by atoms with Crippen molar-refractivity contribution < 1.29 is 28.4 Å². The van der Waals surface area contributed by atoms with Crippen molar-refractivity contribution in [2.75, 3.05) is 13.7 Å². The SMILES string of the molecule is COc1ccc(CO[C@@H]2[C@@H](OCc3ccccc3)[C@@H]3OC(c4ccccc4)OC[C@H]3O[C@@H]2S)cc1. The van der Waals surface area contributed by atoms with Crippen molar-refractivity contribution >= 4 is 12.6 Å². The molecule has 0 bridgehead atoms. The van der Waals surface area contributed by atoms with Gasteiger partial charge in [-0.3, -0.25) is 0 Å². The van der Waals surface area contributed by atoms with Crippen LogP contribution >= 0.6 is 12.6 Å². The molecule has 0 amide bonds. The Hall–Kier alpha value is -2.39. The minimum Gasteiger partial charge on any atom is -0.497 e. The van der Waals surface area contributed by atoms with Gasteiger partial charge in [-0.15, -0.1) is 12.6 Å². The summed E-state index contributed by atoms with van der Waals surface area (Å²) >= 11 is 4.72. The van der Waals surface area contributed by atoms with E-state index < -0.39 is 23.9 Å². The van der Waals surface area contributed by atoms with E-state index >= 15 is 0 Å². The van der Waals surface area contributed by atoms with Crippen LogP contribution in [0.4, 0.5) is 0 Å². The Morgan fingerprint density at radius 2 is 1.40 bits per heavy atom. The normalized spacial score (nSPS) is 28.3. The fourth-order valence-corrected chi connectivity index (χ4v) is 4.80. The third-order valence-electron chi connectivity index (χ3n) is 6.26. The number of thiol groups is 1. The lowest BCUT2D eigenvalue weighted by Gasteiger charge is -2.48. The van der Waals surface area contributed by atoms with Gasteiger partial charge in [-0.2, -0.15) is 0 Å². The molecule has 35 heavy (non-hydrogen) atoms. The largest absolute Gasteiger partial charge is 0.497 e. The van der Waals surface area contributed by atoms with Gasteiger partial charge >= 0.3 is 0 Å². The van der Waals surface area contributed by atoms with Crippen LogP contribution < -0.4 is 4.74 Å². The van der Waals surface area contributed by atoms with Crippen molar-refractivity contribution in [2.45, 2.75) is 49.4 Å². The van der Waals surface area contributed by atoms with Gasteiger partial charge in [0.25, 0.3) is 0 Å². The second-order valence-corrected chi connectivity index (χ2v) is 9.14. The maximum atomic E-state index is 6.48. The fourth-order valence-electron chi connectivity index (χ4n) is 4.39. The second-order valence-electron chi connectivity index (χ2n) is 8.63. The van der Waals surface area contributed by atoms with E-state index in [1.54, 1.807) is 7.11 Å². The number of fused-ring (bicyclic) bond motifs is 1. The molecule has 7 heteroatoms. The molecule has 0 aliphatic carbocycles. The molecule has 0 spiro atoms. The summed E-state index contributed by atoms with van der Waals surface area (Å²) in [4.78, 5) is 0. The third kappa shape index (κ3) is 5.89. The van der Waals surface area contributed by atoms with Crippen LogP contribution in [-0.4, -0.2) is 43.6 Å². The fraction of sp³-hybridized carbons (Fsp3) is 0.357. The molecule has 2 aliphatic rings. The van der Waals surface area contributed by atoms with Crippen LogP contribution in [0.3, 0.4) is 0 Å². The Balaban J connectivity index is 1.35. The van der Waals surface area contributed by atoms with Gasteiger partial charge in [0.1, 0.15) is 35.6 Å². The van der Waals surface area contributed by atoms with Crippen LogP contribution in [0, 0.1) is 0 Å². The zero-order valence-electron chi connectivity index (χ0n) is 19.6. The minimum atomic E-state index is -0.498. The molecule has 2 heterocycles. The average molecular weight is 495 g/mol. The van der Waals surface area contributed by atoms with E-state index in [1.807, 2.05) is 84.9 Å².